The summed E-state index contributed by atoms with van der Waals surface area (Å²) in [5, 5.41) is 7.64. The number of nitrogens with one attached hydrogen (secondary N) is 1. The number of rotatable bonds is 6. The van der Waals surface area contributed by atoms with Crippen molar-refractivity contribution in [3.8, 4) is 0 Å². The molecule has 4 rings (SSSR count). The fourth-order valence-electron chi connectivity index (χ4n) is 3.88. The van der Waals surface area contributed by atoms with Crippen LogP contribution in [0.2, 0.25) is 0 Å². The third-order valence-electron chi connectivity index (χ3n) is 5.42. The number of anilines is 1. The van der Waals surface area contributed by atoms with Crippen molar-refractivity contribution in [2.24, 2.45) is 0 Å². The molecule has 0 aliphatic carbocycles. The zero-order chi connectivity index (χ0) is 23.7. The van der Waals surface area contributed by atoms with Gasteiger partial charge in [-0.3, -0.25) is 19.1 Å². The van der Waals surface area contributed by atoms with E-state index in [1.807, 2.05) is 18.4 Å². The van der Waals surface area contributed by atoms with Crippen molar-refractivity contribution in [1.82, 2.24) is 19.7 Å². The Hall–Kier alpha value is -2.79. The van der Waals surface area contributed by atoms with Gasteiger partial charge in [0.25, 0.3) is 0 Å². The van der Waals surface area contributed by atoms with Crippen LogP contribution in [0.15, 0.2) is 45.9 Å². The molecule has 33 heavy (non-hydrogen) atoms. The average molecular weight is 534 g/mol. The number of nitrogens with zero attached hydrogens (tertiary/aromatic N) is 4. The van der Waals surface area contributed by atoms with Gasteiger partial charge < -0.3 is 10.2 Å². The average Bonchev–Trinajstić information content (AvgIpc) is 3.34. The lowest BCUT2D eigenvalue weighted by molar-refractivity contribution is -0.137. The largest absolute Gasteiger partial charge is 0.326 e. The van der Waals surface area contributed by atoms with Crippen molar-refractivity contribution >= 4 is 62.0 Å². The van der Waals surface area contributed by atoms with Crippen LogP contribution in [0.5, 0.6) is 0 Å². The van der Waals surface area contributed by atoms with E-state index >= 15 is 0 Å². The molecular formula is C22H21BrFN5O3S. The summed E-state index contributed by atoms with van der Waals surface area (Å²) >= 11 is 4.77. The summed E-state index contributed by atoms with van der Waals surface area (Å²) in [7, 11) is 0. The predicted octanol–water partition coefficient (Wildman–Crippen LogP) is 3.70. The Balaban J connectivity index is 1.57. The zero-order valence-electron chi connectivity index (χ0n) is 17.9. The number of fused-ring (bicyclic) bond motifs is 1. The second-order valence-corrected chi connectivity index (χ2v) is 9.37. The standard InChI is InChI=1S/C22H21BrFN5O3S/c1-12(30)21-15-9-14(33-2)6-7-16(15)29(27-21)11-20(31)28-10-13(24)8-17(28)22(32)26-19-5-3-4-18(23)25-19/h3-7,9,13,17H,8,10-11H2,1-2H3,(H,25,26,32)/t13-,17+/m1/s1. The number of amides is 2. The van der Waals surface area contributed by atoms with E-state index in [1.54, 1.807) is 24.3 Å². The number of alkyl halides is 1. The van der Waals surface area contributed by atoms with Gasteiger partial charge in [0.1, 0.15) is 34.9 Å². The van der Waals surface area contributed by atoms with Gasteiger partial charge in [0, 0.05) is 23.6 Å². The topological polar surface area (TPSA) is 97.2 Å². The lowest BCUT2D eigenvalue weighted by Crippen LogP contribution is -2.44. The predicted molar refractivity (Wildman–Crippen MR) is 127 cm³/mol. The minimum Gasteiger partial charge on any atom is -0.326 e. The van der Waals surface area contributed by atoms with Crippen molar-refractivity contribution in [3.63, 3.8) is 0 Å². The maximum Gasteiger partial charge on any atom is 0.248 e. The van der Waals surface area contributed by atoms with Gasteiger partial charge in [0.2, 0.25) is 11.8 Å². The van der Waals surface area contributed by atoms with E-state index < -0.39 is 24.0 Å². The first kappa shape index (κ1) is 23.4. The summed E-state index contributed by atoms with van der Waals surface area (Å²) in [4.78, 5) is 44.4. The SMILES string of the molecule is CSc1ccc2c(c1)c(C(C)=O)nn2CC(=O)N1C[C@H](F)C[C@H]1C(=O)Nc1cccc(Br)n1. The Morgan fingerprint density at radius 3 is 2.76 bits per heavy atom. The number of ketones is 1. The number of Topliss-reactive ketones (excluding diaryl/α,β-unsaturated/α-hetero) is 1. The summed E-state index contributed by atoms with van der Waals surface area (Å²) in [6.45, 7) is 1.02. The summed E-state index contributed by atoms with van der Waals surface area (Å²) < 4.78 is 16.2. The number of aromatic nitrogens is 3. The molecule has 0 radical (unpaired) electrons. The molecule has 0 spiro atoms. The number of thioether (sulfide) groups is 1. The highest BCUT2D eigenvalue weighted by Crippen LogP contribution is 2.27. The van der Waals surface area contributed by atoms with Crippen molar-refractivity contribution in [3.05, 3.63) is 46.7 Å². The molecule has 1 saturated heterocycles. The molecule has 0 unspecified atom stereocenters. The van der Waals surface area contributed by atoms with Gasteiger partial charge in [-0.15, -0.1) is 11.8 Å². The van der Waals surface area contributed by atoms with E-state index in [0.29, 0.717) is 21.3 Å². The molecule has 1 aliphatic rings. The Bertz CT molecular complexity index is 1250. The first-order valence-electron chi connectivity index (χ1n) is 10.2. The maximum absolute atomic E-state index is 14.3. The molecular weight excluding hydrogens is 513 g/mol. The van der Waals surface area contributed by atoms with E-state index in [2.05, 4.69) is 31.3 Å². The van der Waals surface area contributed by atoms with Gasteiger partial charge in [0.15, 0.2) is 5.78 Å². The Kier molecular flexibility index (Phi) is 6.80. The number of likely N-dealkylation sites (tertiary alicyclic amines) is 1. The van der Waals surface area contributed by atoms with Crippen LogP contribution < -0.4 is 5.32 Å². The first-order chi connectivity index (χ1) is 15.8. The number of pyridine rings is 1. The number of hydrogen-bond donors (Lipinski definition) is 1. The summed E-state index contributed by atoms with van der Waals surface area (Å²) in [6.07, 6.45) is 0.519. The lowest BCUT2D eigenvalue weighted by atomic mass is 10.1. The minimum atomic E-state index is -1.31. The third kappa shape index (κ3) is 4.93. The van der Waals surface area contributed by atoms with E-state index in [4.69, 9.17) is 0 Å². The normalized spacial score (nSPS) is 18.0. The highest BCUT2D eigenvalue weighted by atomic mass is 79.9. The molecule has 8 nitrogen and oxygen atoms in total. The highest BCUT2D eigenvalue weighted by Gasteiger charge is 2.40. The first-order valence-corrected chi connectivity index (χ1v) is 12.2. The number of carbonyl (C=O) groups excluding carboxylic acids is 3. The van der Waals surface area contributed by atoms with Gasteiger partial charge in [-0.05, 0) is 52.5 Å². The minimum absolute atomic E-state index is 0.0960. The summed E-state index contributed by atoms with van der Waals surface area (Å²) in [5.74, 6) is -0.870. The Morgan fingerprint density at radius 1 is 1.27 bits per heavy atom. The molecule has 1 fully saturated rings. The Labute approximate surface area is 202 Å². The van der Waals surface area contributed by atoms with Crippen LogP contribution in [-0.4, -0.2) is 62.3 Å². The summed E-state index contributed by atoms with van der Waals surface area (Å²) in [6, 6.07) is 9.61. The van der Waals surface area contributed by atoms with Gasteiger partial charge >= 0.3 is 0 Å². The summed E-state index contributed by atoms with van der Waals surface area (Å²) in [5.41, 5.74) is 0.898. The molecule has 11 heteroatoms. The molecule has 1 aliphatic heterocycles. The Morgan fingerprint density at radius 2 is 2.06 bits per heavy atom. The van der Waals surface area contributed by atoms with Crippen LogP contribution >= 0.6 is 27.7 Å². The number of hydrogen-bond acceptors (Lipinski definition) is 6. The number of carbonyl (C=O) groups is 3. The molecule has 0 bridgehead atoms. The van der Waals surface area contributed by atoms with E-state index in [-0.39, 0.29) is 31.0 Å². The van der Waals surface area contributed by atoms with E-state index in [1.165, 1.54) is 28.3 Å². The van der Waals surface area contributed by atoms with Crippen molar-refractivity contribution in [2.45, 2.75) is 37.0 Å². The van der Waals surface area contributed by atoms with Crippen LogP contribution in [0, 0.1) is 0 Å². The second kappa shape index (κ2) is 9.60. The molecule has 172 valence electrons. The smallest absolute Gasteiger partial charge is 0.248 e. The lowest BCUT2D eigenvalue weighted by Gasteiger charge is -2.23. The van der Waals surface area contributed by atoms with Gasteiger partial charge in [0.05, 0.1) is 12.1 Å². The molecule has 3 heterocycles. The maximum atomic E-state index is 14.3. The van der Waals surface area contributed by atoms with Gasteiger partial charge in [-0.2, -0.15) is 5.10 Å². The number of halogens is 2. The molecule has 2 amide bonds. The zero-order valence-corrected chi connectivity index (χ0v) is 20.3. The molecule has 2 aromatic heterocycles. The molecule has 1 N–H and O–H groups in total. The quantitative estimate of drug-likeness (QED) is 0.295. The fraction of sp³-hybridized carbons (Fsp3) is 0.318. The second-order valence-electron chi connectivity index (χ2n) is 7.68. The molecule has 1 aromatic carbocycles. The molecule has 0 saturated carbocycles. The van der Waals surface area contributed by atoms with E-state index in [9.17, 15) is 18.8 Å². The van der Waals surface area contributed by atoms with E-state index in [0.717, 1.165) is 4.90 Å². The van der Waals surface area contributed by atoms with Crippen molar-refractivity contribution in [2.75, 3.05) is 18.1 Å². The van der Waals surface area contributed by atoms with Crippen LogP contribution in [-0.2, 0) is 16.1 Å². The molecule has 2 atom stereocenters. The van der Waals surface area contributed by atoms with Crippen LogP contribution in [0.1, 0.15) is 23.8 Å². The van der Waals surface area contributed by atoms with Crippen LogP contribution in [0.25, 0.3) is 10.9 Å². The molecule has 3 aromatic rings. The van der Waals surface area contributed by atoms with Crippen molar-refractivity contribution < 1.29 is 18.8 Å². The van der Waals surface area contributed by atoms with Crippen LogP contribution in [0.3, 0.4) is 0 Å². The highest BCUT2D eigenvalue weighted by molar-refractivity contribution is 9.10. The fourth-order valence-corrected chi connectivity index (χ4v) is 4.66. The monoisotopic (exact) mass is 533 g/mol. The number of benzene rings is 1. The van der Waals surface area contributed by atoms with Crippen molar-refractivity contribution in [1.29, 1.82) is 0 Å². The van der Waals surface area contributed by atoms with Crippen LogP contribution in [0.4, 0.5) is 10.2 Å². The van der Waals surface area contributed by atoms with Gasteiger partial charge in [-0.1, -0.05) is 6.07 Å². The third-order valence-corrected chi connectivity index (χ3v) is 6.58. The van der Waals surface area contributed by atoms with Gasteiger partial charge in [-0.25, -0.2) is 9.37 Å².